The second-order valence-corrected chi connectivity index (χ2v) is 3.18. The number of carbonyl (C=O) groups excluding carboxylic acids is 1. The Hall–Kier alpha value is -0.670. The molecule has 1 amide bonds. The Morgan fingerprint density at radius 2 is 1.62 bits per heavy atom. The molecule has 0 bridgehead atoms. The smallest absolute Gasteiger partial charge is 0.322 e. The van der Waals surface area contributed by atoms with E-state index >= 15 is 0 Å². The van der Waals surface area contributed by atoms with Crippen molar-refractivity contribution in [3.05, 3.63) is 0 Å². The average molecular weight is 193 g/mol. The third-order valence-corrected chi connectivity index (χ3v) is 1.65. The number of nitrogens with zero attached hydrogens (tertiary/aromatic N) is 1. The maximum absolute atomic E-state index is 12.6. The number of rotatable bonds is 5. The minimum Gasteiger partial charge on any atom is -0.338 e. The first-order valence-corrected chi connectivity index (χ1v) is 4.60. The molecule has 78 valence electrons. The summed E-state index contributed by atoms with van der Waals surface area (Å²) < 4.78 is 25.2. The predicted molar refractivity (Wildman–Crippen MR) is 47.8 cm³/mol. The Labute approximate surface area is 77.9 Å². The lowest BCUT2D eigenvalue weighted by atomic mass is 10.3. The van der Waals surface area contributed by atoms with Gasteiger partial charge in [0, 0.05) is 20.0 Å². The minimum absolute atomic E-state index is 0.413. The fourth-order valence-electron chi connectivity index (χ4n) is 1.13. The van der Waals surface area contributed by atoms with Crippen LogP contribution in [-0.4, -0.2) is 29.8 Å². The second-order valence-electron chi connectivity index (χ2n) is 3.18. The summed E-state index contributed by atoms with van der Waals surface area (Å²) in [4.78, 5) is 12.3. The summed E-state index contributed by atoms with van der Waals surface area (Å²) in [6.45, 7) is 5.20. The Balaban J connectivity index is 4.27. The molecule has 0 unspecified atom stereocenters. The topological polar surface area (TPSA) is 20.3 Å². The Bertz CT molecular complexity index is 159. The van der Waals surface area contributed by atoms with Crippen LogP contribution in [-0.2, 0) is 4.79 Å². The third-order valence-electron chi connectivity index (χ3n) is 1.65. The van der Waals surface area contributed by atoms with Gasteiger partial charge in [-0.05, 0) is 12.8 Å². The molecule has 0 N–H and O–H groups in total. The summed E-state index contributed by atoms with van der Waals surface area (Å²) in [5.41, 5.74) is 0. The highest BCUT2D eigenvalue weighted by molar-refractivity contribution is 5.82. The van der Waals surface area contributed by atoms with Crippen LogP contribution in [0.3, 0.4) is 0 Å². The quantitative estimate of drug-likeness (QED) is 0.656. The molecular weight excluding hydrogens is 176 g/mol. The second kappa shape index (κ2) is 5.14. The van der Waals surface area contributed by atoms with E-state index in [4.69, 9.17) is 0 Å². The summed E-state index contributed by atoms with van der Waals surface area (Å²) in [5, 5.41) is 0. The molecular formula is C9H17F2NO. The average Bonchev–Trinajstić information content (AvgIpc) is 2.01. The molecule has 4 heteroatoms. The highest BCUT2D eigenvalue weighted by Crippen LogP contribution is 2.16. The number of halogens is 2. The van der Waals surface area contributed by atoms with Crippen LogP contribution in [0.1, 0.15) is 33.6 Å². The van der Waals surface area contributed by atoms with Gasteiger partial charge in [0.2, 0.25) is 0 Å². The van der Waals surface area contributed by atoms with Crippen molar-refractivity contribution in [1.82, 2.24) is 4.90 Å². The number of carbonyl (C=O) groups is 1. The van der Waals surface area contributed by atoms with E-state index in [0.717, 1.165) is 0 Å². The van der Waals surface area contributed by atoms with Crippen LogP contribution in [0.5, 0.6) is 0 Å². The van der Waals surface area contributed by atoms with E-state index in [9.17, 15) is 13.6 Å². The molecule has 0 aliphatic rings. The highest BCUT2D eigenvalue weighted by Gasteiger charge is 2.35. The molecule has 0 aliphatic carbocycles. The summed E-state index contributed by atoms with van der Waals surface area (Å²) in [5.74, 6) is -4.29. The van der Waals surface area contributed by atoms with Gasteiger partial charge in [-0.25, -0.2) is 0 Å². The highest BCUT2D eigenvalue weighted by atomic mass is 19.3. The van der Waals surface area contributed by atoms with Crippen molar-refractivity contribution in [2.75, 3.05) is 13.1 Å². The van der Waals surface area contributed by atoms with E-state index in [1.54, 1.807) is 0 Å². The van der Waals surface area contributed by atoms with Crippen LogP contribution >= 0.6 is 0 Å². The summed E-state index contributed by atoms with van der Waals surface area (Å²) in [6, 6.07) is 0. The van der Waals surface area contributed by atoms with Gasteiger partial charge in [-0.15, -0.1) is 0 Å². The molecule has 13 heavy (non-hydrogen) atoms. The standard InChI is InChI=1S/C9H17F2NO/c1-4-6-12(7-5-2)8(13)9(3,10)11/h4-7H2,1-3H3. The zero-order valence-electron chi connectivity index (χ0n) is 8.44. The maximum atomic E-state index is 12.6. The maximum Gasteiger partial charge on any atom is 0.322 e. The van der Waals surface area contributed by atoms with Crippen LogP contribution in [0.2, 0.25) is 0 Å². The molecule has 2 nitrogen and oxygen atoms in total. The van der Waals surface area contributed by atoms with Gasteiger partial charge >= 0.3 is 5.92 Å². The van der Waals surface area contributed by atoms with Crippen molar-refractivity contribution in [1.29, 1.82) is 0 Å². The molecule has 0 heterocycles. The van der Waals surface area contributed by atoms with Gasteiger partial charge in [0.15, 0.2) is 0 Å². The Kier molecular flexibility index (Phi) is 4.88. The summed E-state index contributed by atoms with van der Waals surface area (Å²) >= 11 is 0. The molecule has 0 aromatic heterocycles. The van der Waals surface area contributed by atoms with Gasteiger partial charge in [0.05, 0.1) is 0 Å². The molecule has 0 saturated heterocycles. The zero-order valence-corrected chi connectivity index (χ0v) is 8.44. The molecule has 0 rings (SSSR count). The number of hydrogen-bond donors (Lipinski definition) is 0. The monoisotopic (exact) mass is 193 g/mol. The Morgan fingerprint density at radius 1 is 1.23 bits per heavy atom. The minimum atomic E-state index is -3.23. The van der Waals surface area contributed by atoms with Crippen LogP contribution in [0.4, 0.5) is 8.78 Å². The molecule has 0 fully saturated rings. The van der Waals surface area contributed by atoms with Gasteiger partial charge in [-0.2, -0.15) is 8.78 Å². The van der Waals surface area contributed by atoms with Crippen molar-refractivity contribution < 1.29 is 13.6 Å². The number of amides is 1. The van der Waals surface area contributed by atoms with Crippen molar-refractivity contribution in [2.24, 2.45) is 0 Å². The van der Waals surface area contributed by atoms with Crippen molar-refractivity contribution in [2.45, 2.75) is 39.5 Å². The van der Waals surface area contributed by atoms with Crippen molar-refractivity contribution in [3.8, 4) is 0 Å². The SMILES string of the molecule is CCCN(CCC)C(=O)C(C)(F)F. The van der Waals surface area contributed by atoms with Crippen molar-refractivity contribution >= 4 is 5.91 Å². The van der Waals surface area contributed by atoms with Gasteiger partial charge in [0.25, 0.3) is 5.91 Å². The van der Waals surface area contributed by atoms with Crippen LogP contribution in [0.25, 0.3) is 0 Å². The molecule has 0 atom stereocenters. The van der Waals surface area contributed by atoms with Gasteiger partial charge < -0.3 is 4.90 Å². The van der Waals surface area contributed by atoms with E-state index in [1.165, 1.54) is 4.90 Å². The summed E-state index contributed by atoms with van der Waals surface area (Å²) in [7, 11) is 0. The molecule has 0 saturated carbocycles. The van der Waals surface area contributed by atoms with Crippen LogP contribution < -0.4 is 0 Å². The van der Waals surface area contributed by atoms with Crippen LogP contribution in [0.15, 0.2) is 0 Å². The largest absolute Gasteiger partial charge is 0.338 e. The van der Waals surface area contributed by atoms with E-state index in [0.29, 0.717) is 32.9 Å². The van der Waals surface area contributed by atoms with E-state index < -0.39 is 11.8 Å². The number of alkyl halides is 2. The first-order chi connectivity index (χ1) is 5.93. The van der Waals surface area contributed by atoms with Crippen molar-refractivity contribution in [3.63, 3.8) is 0 Å². The van der Waals surface area contributed by atoms with Crippen LogP contribution in [0, 0.1) is 0 Å². The lowest BCUT2D eigenvalue weighted by Gasteiger charge is -2.24. The first kappa shape index (κ1) is 12.3. The molecule has 0 aliphatic heterocycles. The summed E-state index contributed by atoms with van der Waals surface area (Å²) in [6.07, 6.45) is 1.42. The van der Waals surface area contributed by atoms with Gasteiger partial charge in [-0.3, -0.25) is 4.79 Å². The van der Waals surface area contributed by atoms with E-state index in [-0.39, 0.29) is 0 Å². The van der Waals surface area contributed by atoms with E-state index in [2.05, 4.69) is 0 Å². The lowest BCUT2D eigenvalue weighted by Crippen LogP contribution is -2.42. The Morgan fingerprint density at radius 3 is 1.85 bits per heavy atom. The number of hydrogen-bond acceptors (Lipinski definition) is 1. The lowest BCUT2D eigenvalue weighted by molar-refractivity contribution is -0.154. The normalized spacial score (nSPS) is 11.5. The predicted octanol–water partition coefficient (Wildman–Crippen LogP) is 2.29. The molecule has 0 aromatic rings. The third kappa shape index (κ3) is 4.20. The fraction of sp³-hybridized carbons (Fsp3) is 0.889. The van der Waals surface area contributed by atoms with Gasteiger partial charge in [-0.1, -0.05) is 13.8 Å². The molecule has 0 spiro atoms. The first-order valence-electron chi connectivity index (χ1n) is 4.60. The van der Waals surface area contributed by atoms with E-state index in [1.807, 2.05) is 13.8 Å². The zero-order chi connectivity index (χ0) is 10.5. The fourth-order valence-corrected chi connectivity index (χ4v) is 1.13. The molecule has 0 aromatic carbocycles. The van der Waals surface area contributed by atoms with Gasteiger partial charge in [0.1, 0.15) is 0 Å². The molecule has 0 radical (unpaired) electrons.